The van der Waals surface area contributed by atoms with Crippen molar-refractivity contribution in [1.29, 1.82) is 0 Å². The zero-order valence-corrected chi connectivity index (χ0v) is 15.0. The van der Waals surface area contributed by atoms with Crippen LogP contribution in [0.1, 0.15) is 27.0 Å². The minimum atomic E-state index is -0.990. The molecule has 0 radical (unpaired) electrons. The van der Waals surface area contributed by atoms with Crippen molar-refractivity contribution in [2.75, 3.05) is 5.32 Å². The molecule has 0 unspecified atom stereocenters. The Hall–Kier alpha value is -1.63. The van der Waals surface area contributed by atoms with Gasteiger partial charge in [0.15, 0.2) is 11.9 Å². The van der Waals surface area contributed by atoms with Crippen LogP contribution in [-0.2, 0) is 9.53 Å². The number of pyridine rings is 1. The Morgan fingerprint density at radius 3 is 2.57 bits per heavy atom. The number of nitrogens with one attached hydrogen (secondary N) is 1. The zero-order chi connectivity index (χ0) is 17.1. The topological polar surface area (TPSA) is 68.3 Å². The number of hydrogen-bond donors (Lipinski definition) is 1. The molecule has 1 amide bonds. The molecule has 2 aromatic rings. The van der Waals surface area contributed by atoms with Gasteiger partial charge in [0.25, 0.3) is 5.91 Å². The molecule has 0 aliphatic rings. The zero-order valence-electron chi connectivity index (χ0n) is 12.6. The maximum Gasteiger partial charge on any atom is 0.340 e. The van der Waals surface area contributed by atoms with E-state index in [-0.39, 0.29) is 10.8 Å². The third-order valence-electron chi connectivity index (χ3n) is 2.96. The number of esters is 1. The maximum atomic E-state index is 12.1. The molecule has 0 saturated heterocycles. The van der Waals surface area contributed by atoms with Crippen molar-refractivity contribution in [2.24, 2.45) is 0 Å². The Bertz CT molecular complexity index is 761. The lowest BCUT2D eigenvalue weighted by Crippen LogP contribution is -2.30. The molecule has 2 rings (SSSR count). The van der Waals surface area contributed by atoms with E-state index in [9.17, 15) is 9.59 Å². The lowest BCUT2D eigenvalue weighted by Gasteiger charge is -2.13. The number of carbonyl (C=O) groups is 2. The second-order valence-corrected chi connectivity index (χ2v) is 7.15. The molecule has 0 bridgehead atoms. The van der Waals surface area contributed by atoms with E-state index in [0.29, 0.717) is 10.6 Å². The van der Waals surface area contributed by atoms with Crippen molar-refractivity contribution < 1.29 is 14.3 Å². The van der Waals surface area contributed by atoms with E-state index in [4.69, 9.17) is 27.9 Å². The van der Waals surface area contributed by atoms with Crippen LogP contribution in [0.15, 0.2) is 18.3 Å². The van der Waals surface area contributed by atoms with E-state index < -0.39 is 18.0 Å². The van der Waals surface area contributed by atoms with Crippen LogP contribution in [0.2, 0.25) is 10.0 Å². The third kappa shape index (κ3) is 4.43. The van der Waals surface area contributed by atoms with Crippen LogP contribution in [0.25, 0.3) is 0 Å². The highest BCUT2D eigenvalue weighted by Crippen LogP contribution is 2.24. The maximum absolute atomic E-state index is 12.1. The fourth-order valence-electron chi connectivity index (χ4n) is 1.84. The first kappa shape index (κ1) is 17.7. The highest BCUT2D eigenvalue weighted by molar-refractivity contribution is 7.12. The van der Waals surface area contributed by atoms with Crippen LogP contribution in [-0.4, -0.2) is 23.0 Å². The van der Waals surface area contributed by atoms with Crippen molar-refractivity contribution in [3.8, 4) is 0 Å². The summed E-state index contributed by atoms with van der Waals surface area (Å²) >= 11 is 13.2. The first-order valence-electron chi connectivity index (χ1n) is 6.68. The van der Waals surface area contributed by atoms with Crippen LogP contribution in [0, 0.1) is 13.8 Å². The summed E-state index contributed by atoms with van der Waals surface area (Å²) < 4.78 is 5.19. The fourth-order valence-corrected chi connectivity index (χ4v) is 3.18. The standard InChI is InChI=1S/C15H14Cl2N2O3S/c1-7-4-11(9(3)23-7)15(21)22-8(2)14(20)19-13-12(17)5-10(16)6-18-13/h4-6,8H,1-3H3,(H,18,19,20)/t8-/m1/s1. The van der Waals surface area contributed by atoms with Gasteiger partial charge >= 0.3 is 5.97 Å². The van der Waals surface area contributed by atoms with Gasteiger partial charge in [0, 0.05) is 16.0 Å². The van der Waals surface area contributed by atoms with Crippen molar-refractivity contribution >= 4 is 52.2 Å². The van der Waals surface area contributed by atoms with Crippen LogP contribution >= 0.6 is 34.5 Å². The van der Waals surface area contributed by atoms with Gasteiger partial charge in [-0.3, -0.25) is 4.79 Å². The molecule has 23 heavy (non-hydrogen) atoms. The van der Waals surface area contributed by atoms with Gasteiger partial charge in [0.05, 0.1) is 15.6 Å². The summed E-state index contributed by atoms with van der Waals surface area (Å²) in [6.07, 6.45) is 0.368. The van der Waals surface area contributed by atoms with Gasteiger partial charge in [-0.1, -0.05) is 23.2 Å². The minimum absolute atomic E-state index is 0.159. The number of aryl methyl sites for hydroxylation is 2. The number of hydrogen-bond acceptors (Lipinski definition) is 5. The molecule has 0 aliphatic heterocycles. The number of rotatable bonds is 4. The van der Waals surface area contributed by atoms with Gasteiger partial charge < -0.3 is 10.1 Å². The summed E-state index contributed by atoms with van der Waals surface area (Å²) in [6.45, 7) is 5.21. The summed E-state index contributed by atoms with van der Waals surface area (Å²) in [7, 11) is 0. The summed E-state index contributed by atoms with van der Waals surface area (Å²) in [5.41, 5.74) is 0.467. The second kappa shape index (κ2) is 7.29. The van der Waals surface area contributed by atoms with Crippen molar-refractivity contribution in [3.05, 3.63) is 43.7 Å². The number of nitrogens with zero attached hydrogens (tertiary/aromatic N) is 1. The predicted molar refractivity (Wildman–Crippen MR) is 91.6 cm³/mol. The average molecular weight is 373 g/mol. The van der Waals surface area contributed by atoms with Crippen molar-refractivity contribution in [1.82, 2.24) is 4.98 Å². The SMILES string of the molecule is Cc1cc(C(=O)O[C@H](C)C(=O)Nc2ncc(Cl)cc2Cl)c(C)s1. The number of anilines is 1. The largest absolute Gasteiger partial charge is 0.449 e. The molecule has 0 aromatic carbocycles. The van der Waals surface area contributed by atoms with Gasteiger partial charge in [0.2, 0.25) is 0 Å². The monoisotopic (exact) mass is 372 g/mol. The first-order valence-corrected chi connectivity index (χ1v) is 8.25. The van der Waals surface area contributed by atoms with E-state index in [0.717, 1.165) is 9.75 Å². The minimum Gasteiger partial charge on any atom is -0.449 e. The Morgan fingerprint density at radius 2 is 2.00 bits per heavy atom. The number of halogens is 2. The van der Waals surface area contributed by atoms with Gasteiger partial charge in [-0.15, -0.1) is 11.3 Å². The molecule has 1 N–H and O–H groups in total. The number of thiophene rings is 1. The van der Waals surface area contributed by atoms with E-state index in [1.807, 2.05) is 13.8 Å². The molecule has 1 atom stereocenters. The molecule has 5 nitrogen and oxygen atoms in total. The van der Waals surface area contributed by atoms with Gasteiger partial charge in [-0.25, -0.2) is 9.78 Å². The molecule has 2 aromatic heterocycles. The van der Waals surface area contributed by atoms with Crippen LogP contribution in [0.4, 0.5) is 5.82 Å². The van der Waals surface area contributed by atoms with E-state index in [1.165, 1.54) is 30.5 Å². The molecule has 0 spiro atoms. The molecule has 0 fully saturated rings. The Morgan fingerprint density at radius 1 is 1.30 bits per heavy atom. The van der Waals surface area contributed by atoms with Gasteiger partial charge in [0.1, 0.15) is 0 Å². The van der Waals surface area contributed by atoms with E-state index >= 15 is 0 Å². The third-order valence-corrected chi connectivity index (χ3v) is 4.42. The summed E-state index contributed by atoms with van der Waals surface area (Å²) in [5.74, 6) is -0.907. The summed E-state index contributed by atoms with van der Waals surface area (Å²) in [6, 6.07) is 3.20. The average Bonchev–Trinajstić information content (AvgIpc) is 2.80. The lowest BCUT2D eigenvalue weighted by atomic mass is 10.2. The van der Waals surface area contributed by atoms with Crippen molar-refractivity contribution in [3.63, 3.8) is 0 Å². The van der Waals surface area contributed by atoms with E-state index in [1.54, 1.807) is 6.07 Å². The normalized spacial score (nSPS) is 11.9. The van der Waals surface area contributed by atoms with Crippen LogP contribution < -0.4 is 5.32 Å². The Kier molecular flexibility index (Phi) is 5.62. The van der Waals surface area contributed by atoms with Crippen LogP contribution in [0.3, 0.4) is 0 Å². The number of ether oxygens (including phenoxy) is 1. The Balaban J connectivity index is 2.02. The Labute approximate surface area is 147 Å². The molecular formula is C15H14Cl2N2O3S. The smallest absolute Gasteiger partial charge is 0.340 e. The molecule has 0 saturated carbocycles. The molecule has 2 heterocycles. The van der Waals surface area contributed by atoms with Crippen LogP contribution in [0.5, 0.6) is 0 Å². The number of carbonyl (C=O) groups excluding carboxylic acids is 2. The molecule has 122 valence electrons. The lowest BCUT2D eigenvalue weighted by molar-refractivity contribution is -0.123. The first-order chi connectivity index (χ1) is 10.8. The number of aromatic nitrogens is 1. The second-order valence-electron chi connectivity index (χ2n) is 4.85. The number of amides is 1. The van der Waals surface area contributed by atoms with Gasteiger partial charge in [-0.2, -0.15) is 0 Å². The summed E-state index contributed by atoms with van der Waals surface area (Å²) in [5, 5.41) is 3.06. The summed E-state index contributed by atoms with van der Waals surface area (Å²) in [4.78, 5) is 30.0. The van der Waals surface area contributed by atoms with E-state index in [2.05, 4.69) is 10.3 Å². The molecule has 0 aliphatic carbocycles. The highest BCUT2D eigenvalue weighted by Gasteiger charge is 2.22. The molecule has 8 heteroatoms. The quantitative estimate of drug-likeness (QED) is 0.814. The van der Waals surface area contributed by atoms with Crippen molar-refractivity contribution in [2.45, 2.75) is 26.9 Å². The predicted octanol–water partition coefficient (Wildman–Crippen LogP) is 4.25. The fraction of sp³-hybridized carbons (Fsp3) is 0.267. The highest BCUT2D eigenvalue weighted by atomic mass is 35.5. The molecular weight excluding hydrogens is 359 g/mol. The van der Waals surface area contributed by atoms with Gasteiger partial charge in [-0.05, 0) is 32.9 Å².